The van der Waals surface area contributed by atoms with Gasteiger partial charge < -0.3 is 19.9 Å². The van der Waals surface area contributed by atoms with Gasteiger partial charge in [0, 0.05) is 28.2 Å². The van der Waals surface area contributed by atoms with Crippen LogP contribution < -0.4 is 5.32 Å². The molecule has 1 amide bonds. The summed E-state index contributed by atoms with van der Waals surface area (Å²) >= 11 is 3.68. The van der Waals surface area contributed by atoms with Crippen LogP contribution in [0.2, 0.25) is 0 Å². The monoisotopic (exact) mass is 571 g/mol. The zero-order valence-corrected chi connectivity index (χ0v) is 23.5. The summed E-state index contributed by atoms with van der Waals surface area (Å²) in [5.74, 6) is 0.735. The number of ether oxygens (including phenoxy) is 1. The maximum absolute atomic E-state index is 13.4. The van der Waals surface area contributed by atoms with Crippen molar-refractivity contribution in [2.75, 3.05) is 27.2 Å². The Labute approximate surface area is 219 Å². The molecule has 194 valence electrons. The van der Waals surface area contributed by atoms with Gasteiger partial charge in [-0.05, 0) is 38.6 Å². The van der Waals surface area contributed by atoms with E-state index in [1.165, 1.54) is 17.5 Å². The number of likely N-dealkylation sites (N-methyl/N-ethyl adjacent to an activating group) is 1. The second kappa shape index (κ2) is 16.3. The summed E-state index contributed by atoms with van der Waals surface area (Å²) in [5.41, 5.74) is 2.40. The fourth-order valence-electron chi connectivity index (χ4n) is 3.33. The number of nitrogens with zero attached hydrogens (tertiary/aromatic N) is 3. The first-order valence-corrected chi connectivity index (χ1v) is 12.9. The molecule has 2 heterocycles. The van der Waals surface area contributed by atoms with Crippen molar-refractivity contribution in [3.63, 3.8) is 0 Å². The first kappa shape index (κ1) is 30.7. The Bertz CT molecular complexity index is 1060. The number of hydrogen-bond acceptors (Lipinski definition) is 6. The molecule has 0 bridgehead atoms. The second-order valence-corrected chi connectivity index (χ2v) is 8.97. The predicted octanol–water partition coefficient (Wildman–Crippen LogP) is 5.90. The number of nitrogens with one attached hydrogen (secondary N) is 2. The van der Waals surface area contributed by atoms with Gasteiger partial charge in [0.15, 0.2) is 12.3 Å². The number of imidazole rings is 1. The highest BCUT2D eigenvalue weighted by atomic mass is 79.9. The molecule has 0 aliphatic rings. The van der Waals surface area contributed by atoms with E-state index < -0.39 is 0 Å². The van der Waals surface area contributed by atoms with Crippen molar-refractivity contribution in [2.24, 2.45) is 0 Å². The van der Waals surface area contributed by atoms with Gasteiger partial charge in [-0.2, -0.15) is 0 Å². The number of fused-ring (bicyclic) bond motifs is 1. The van der Waals surface area contributed by atoms with Gasteiger partial charge in [-0.3, -0.25) is 13.6 Å². The minimum absolute atomic E-state index is 0.0311. The van der Waals surface area contributed by atoms with E-state index >= 15 is 0 Å². The summed E-state index contributed by atoms with van der Waals surface area (Å²) < 4.78 is 19.6. The van der Waals surface area contributed by atoms with Crippen LogP contribution in [0.25, 0.3) is 22.2 Å². The molecule has 0 radical (unpaired) electrons. The molecular formula is C24H35BrFN5O3S. The van der Waals surface area contributed by atoms with Crippen LogP contribution in [0.15, 0.2) is 35.1 Å². The van der Waals surface area contributed by atoms with E-state index in [4.69, 9.17) is 4.79 Å². The molecule has 1 atom stereocenters. The average Bonchev–Trinajstić information content (AvgIpc) is 3.51. The van der Waals surface area contributed by atoms with Crippen molar-refractivity contribution in [1.29, 1.82) is 0 Å². The van der Waals surface area contributed by atoms with Crippen LogP contribution in [0.5, 0.6) is 0 Å². The zero-order valence-electron chi connectivity index (χ0n) is 21.1. The lowest BCUT2D eigenvalue weighted by Crippen LogP contribution is -2.39. The summed E-state index contributed by atoms with van der Waals surface area (Å²) in [7, 11) is 3.07. The number of halogens is 2. The van der Waals surface area contributed by atoms with Gasteiger partial charge in [0.25, 0.3) is 6.47 Å². The lowest BCUT2D eigenvalue weighted by atomic mass is 10.1. The molecule has 0 fully saturated rings. The lowest BCUT2D eigenvalue weighted by Gasteiger charge is -2.27. The molecule has 0 saturated heterocycles. The van der Waals surface area contributed by atoms with E-state index in [0.29, 0.717) is 18.8 Å². The van der Waals surface area contributed by atoms with Crippen LogP contribution in [-0.4, -0.2) is 58.5 Å². The van der Waals surface area contributed by atoms with Crippen molar-refractivity contribution in [2.45, 2.75) is 46.6 Å². The van der Waals surface area contributed by atoms with E-state index in [9.17, 15) is 8.68 Å². The van der Waals surface area contributed by atoms with Gasteiger partial charge in [-0.25, -0.2) is 4.98 Å². The smallest absolute Gasteiger partial charge is 0.292 e. The van der Waals surface area contributed by atoms with Gasteiger partial charge in [0.2, 0.25) is 5.91 Å². The SMILES string of the molecule is CCC.CCCN(C(=O)CNC)C(C)c1ncc(-c2ccc(Br)c3ccn(SF)c23)[nH]1.COC=O. The minimum Gasteiger partial charge on any atom is -0.471 e. The lowest BCUT2D eigenvalue weighted by molar-refractivity contribution is -0.132. The molecule has 8 nitrogen and oxygen atoms in total. The van der Waals surface area contributed by atoms with Gasteiger partial charge in [-0.1, -0.05) is 43.1 Å². The molecule has 3 rings (SSSR count). The molecule has 1 aromatic carbocycles. The predicted molar refractivity (Wildman–Crippen MR) is 145 cm³/mol. The number of H-pyrrole nitrogens is 1. The molecule has 35 heavy (non-hydrogen) atoms. The molecule has 11 heteroatoms. The topological polar surface area (TPSA) is 92.2 Å². The summed E-state index contributed by atoms with van der Waals surface area (Å²) in [6, 6.07) is 5.54. The number of carbonyl (C=O) groups excluding carboxylic acids is 2. The van der Waals surface area contributed by atoms with Crippen molar-refractivity contribution in [3.8, 4) is 11.3 Å². The first-order valence-electron chi connectivity index (χ1n) is 11.4. The Balaban J connectivity index is 0.000000778. The van der Waals surface area contributed by atoms with Crippen LogP contribution in [0.1, 0.15) is 52.4 Å². The molecule has 0 aliphatic heterocycles. The van der Waals surface area contributed by atoms with Crippen LogP contribution >= 0.6 is 28.3 Å². The van der Waals surface area contributed by atoms with Gasteiger partial charge >= 0.3 is 0 Å². The van der Waals surface area contributed by atoms with Gasteiger partial charge in [0.05, 0.1) is 37.1 Å². The molecule has 3 aromatic rings. The minimum atomic E-state index is -0.192. The zero-order chi connectivity index (χ0) is 26.4. The Morgan fingerprint density at radius 1 is 1.37 bits per heavy atom. The van der Waals surface area contributed by atoms with E-state index in [0.717, 1.165) is 33.1 Å². The largest absolute Gasteiger partial charge is 0.471 e. The van der Waals surface area contributed by atoms with E-state index in [-0.39, 0.29) is 30.8 Å². The van der Waals surface area contributed by atoms with Crippen LogP contribution in [0.4, 0.5) is 3.89 Å². The van der Waals surface area contributed by atoms with Gasteiger partial charge in [-0.15, -0.1) is 3.89 Å². The number of rotatable bonds is 9. The molecule has 2 aromatic heterocycles. The standard InChI is InChI=1S/C19H23BrFN5OS.C3H8.C2H4O2/c1-4-8-25(17(27)11-22-3)12(2)19-23-10-16(24-19)14-5-6-15(20)13-7-9-26(28-21)18(13)14;1-3-2;1-4-2-3/h5-7,9-10,12,22H,4,8,11H2,1-3H3,(H,23,24);3H2,1-2H3;2H,1H3. The first-order chi connectivity index (χ1) is 16.8. The van der Waals surface area contributed by atoms with Crippen molar-refractivity contribution >= 4 is 51.5 Å². The maximum Gasteiger partial charge on any atom is 0.292 e. The molecule has 0 saturated carbocycles. The second-order valence-electron chi connectivity index (χ2n) is 7.58. The van der Waals surface area contributed by atoms with Crippen LogP contribution in [-0.2, 0) is 14.3 Å². The van der Waals surface area contributed by atoms with Crippen LogP contribution in [0.3, 0.4) is 0 Å². The van der Waals surface area contributed by atoms with Crippen LogP contribution in [0, 0.1) is 0 Å². The summed E-state index contributed by atoms with van der Waals surface area (Å²) in [5, 5.41) is 3.83. The van der Waals surface area contributed by atoms with E-state index in [1.54, 1.807) is 19.4 Å². The third-order valence-electron chi connectivity index (χ3n) is 4.79. The fraction of sp³-hybridized carbons (Fsp3) is 0.458. The Kier molecular flexibility index (Phi) is 14.3. The number of amides is 1. The summed E-state index contributed by atoms with van der Waals surface area (Å²) in [6.45, 7) is 9.57. The highest BCUT2D eigenvalue weighted by Crippen LogP contribution is 2.36. The molecule has 1 unspecified atom stereocenters. The molecule has 0 spiro atoms. The fourth-order valence-corrected chi connectivity index (χ4v) is 4.16. The Morgan fingerprint density at radius 2 is 2.03 bits per heavy atom. The number of benzene rings is 1. The number of aromatic amines is 1. The molecule has 2 N–H and O–H groups in total. The van der Waals surface area contributed by atoms with Crippen molar-refractivity contribution in [1.82, 2.24) is 24.2 Å². The normalized spacial score (nSPS) is 11.1. The Hall–Kier alpha value is -2.37. The summed E-state index contributed by atoms with van der Waals surface area (Å²) in [4.78, 5) is 31.1. The van der Waals surface area contributed by atoms with E-state index in [1.807, 2.05) is 36.9 Å². The third-order valence-corrected chi connectivity index (χ3v) is 5.94. The van der Waals surface area contributed by atoms with Crippen molar-refractivity contribution < 1.29 is 18.2 Å². The molecular weight excluding hydrogens is 537 g/mol. The van der Waals surface area contributed by atoms with Crippen molar-refractivity contribution in [3.05, 3.63) is 40.9 Å². The van der Waals surface area contributed by atoms with E-state index in [2.05, 4.69) is 49.8 Å². The highest BCUT2D eigenvalue weighted by molar-refractivity contribution is 9.10. The quantitative estimate of drug-likeness (QED) is 0.311. The average molecular weight is 573 g/mol. The number of methoxy groups -OCH3 is 1. The number of carbonyl (C=O) groups is 2. The number of aromatic nitrogens is 3. The molecule has 0 aliphatic carbocycles. The maximum atomic E-state index is 13.4. The van der Waals surface area contributed by atoms with Gasteiger partial charge in [0.1, 0.15) is 5.82 Å². The summed E-state index contributed by atoms with van der Waals surface area (Å²) in [6.07, 6.45) is 5.55. The third kappa shape index (κ3) is 8.36. The number of hydrogen-bond donors (Lipinski definition) is 2. The Morgan fingerprint density at radius 3 is 2.57 bits per heavy atom. The highest BCUT2D eigenvalue weighted by Gasteiger charge is 2.23.